The molecule has 0 atom stereocenters. The number of fused-ring (bicyclic) bond motifs is 1. The normalized spacial score (nSPS) is 12.6. The van der Waals surface area contributed by atoms with Gasteiger partial charge in [0.25, 0.3) is 0 Å². The first-order valence-corrected chi connectivity index (χ1v) is 10.4. The summed E-state index contributed by atoms with van der Waals surface area (Å²) in [6.07, 6.45) is 0.646. The third kappa shape index (κ3) is 5.41. The molecule has 0 saturated carbocycles. The summed E-state index contributed by atoms with van der Waals surface area (Å²) in [6.45, 7) is 4.12. The highest BCUT2D eigenvalue weighted by molar-refractivity contribution is 7.99. The van der Waals surface area contributed by atoms with E-state index in [0.29, 0.717) is 49.5 Å². The molecule has 1 aliphatic heterocycles. The van der Waals surface area contributed by atoms with Crippen molar-refractivity contribution in [2.45, 2.75) is 31.5 Å². The molecule has 2 N–H and O–H groups in total. The molecule has 2 amide bonds. The number of primary amides is 1. The van der Waals surface area contributed by atoms with Crippen LogP contribution >= 0.6 is 11.8 Å². The fraction of sp³-hybridized carbons (Fsp3) is 0.474. The number of aromatic nitrogens is 3. The summed E-state index contributed by atoms with van der Waals surface area (Å²) in [7, 11) is 1.82. The second kappa shape index (κ2) is 9.64. The maximum Gasteiger partial charge on any atom is 0.233 e. The van der Waals surface area contributed by atoms with Gasteiger partial charge >= 0.3 is 0 Å². The fourth-order valence-electron chi connectivity index (χ4n) is 2.92. The molecule has 9 nitrogen and oxygen atoms in total. The lowest BCUT2D eigenvalue weighted by Crippen LogP contribution is -2.31. The first kappa shape index (κ1) is 21.0. The molecule has 0 saturated heterocycles. The van der Waals surface area contributed by atoms with E-state index in [0.717, 1.165) is 11.3 Å². The Balaban J connectivity index is 1.57. The minimum Gasteiger partial charge on any atom is -0.486 e. The van der Waals surface area contributed by atoms with Crippen molar-refractivity contribution < 1.29 is 19.1 Å². The highest BCUT2D eigenvalue weighted by Crippen LogP contribution is 2.31. The molecular weight excluding hydrogens is 394 g/mol. The van der Waals surface area contributed by atoms with E-state index in [-0.39, 0.29) is 24.0 Å². The summed E-state index contributed by atoms with van der Waals surface area (Å²) in [5, 5.41) is 8.81. The Morgan fingerprint density at radius 3 is 2.72 bits per heavy atom. The van der Waals surface area contributed by atoms with E-state index >= 15 is 0 Å². The van der Waals surface area contributed by atoms with Gasteiger partial charge in [-0.25, -0.2) is 0 Å². The van der Waals surface area contributed by atoms with E-state index in [1.807, 2.05) is 32.2 Å². The number of nitrogens with two attached hydrogens (primary N) is 1. The van der Waals surface area contributed by atoms with E-state index in [2.05, 4.69) is 10.2 Å². The van der Waals surface area contributed by atoms with Crippen molar-refractivity contribution in [3.8, 4) is 11.5 Å². The van der Waals surface area contributed by atoms with Crippen LogP contribution in [0.3, 0.4) is 0 Å². The smallest absolute Gasteiger partial charge is 0.233 e. The summed E-state index contributed by atoms with van der Waals surface area (Å²) in [6, 6.07) is 5.75. The lowest BCUT2D eigenvalue weighted by atomic mass is 10.2. The zero-order chi connectivity index (χ0) is 20.8. The second-order valence-electron chi connectivity index (χ2n) is 6.60. The van der Waals surface area contributed by atoms with Crippen molar-refractivity contribution in [3.05, 3.63) is 29.6 Å². The Morgan fingerprint density at radius 1 is 1.24 bits per heavy atom. The van der Waals surface area contributed by atoms with Crippen molar-refractivity contribution in [3.63, 3.8) is 0 Å². The maximum atomic E-state index is 12.7. The Morgan fingerprint density at radius 2 is 2.00 bits per heavy atom. The molecule has 156 valence electrons. The molecule has 0 unspecified atom stereocenters. The number of benzene rings is 1. The molecule has 1 aromatic carbocycles. The van der Waals surface area contributed by atoms with Crippen molar-refractivity contribution in [2.24, 2.45) is 12.8 Å². The number of amides is 2. The van der Waals surface area contributed by atoms with Crippen molar-refractivity contribution >= 4 is 23.6 Å². The van der Waals surface area contributed by atoms with E-state index in [1.165, 1.54) is 11.8 Å². The van der Waals surface area contributed by atoms with Crippen LogP contribution in [0, 0.1) is 0 Å². The topological polar surface area (TPSA) is 113 Å². The maximum absolute atomic E-state index is 12.7. The molecule has 29 heavy (non-hydrogen) atoms. The molecule has 10 heteroatoms. The monoisotopic (exact) mass is 419 g/mol. The third-order valence-corrected chi connectivity index (χ3v) is 5.56. The van der Waals surface area contributed by atoms with Gasteiger partial charge in [0.1, 0.15) is 19.0 Å². The minimum absolute atomic E-state index is 0.00840. The summed E-state index contributed by atoms with van der Waals surface area (Å²) in [5.41, 5.74) is 6.17. The molecule has 1 aromatic heterocycles. The zero-order valence-electron chi connectivity index (χ0n) is 16.6. The Kier molecular flexibility index (Phi) is 6.97. The van der Waals surface area contributed by atoms with Crippen LogP contribution in [0.4, 0.5) is 0 Å². The largest absolute Gasteiger partial charge is 0.486 e. The molecule has 0 fully saturated rings. The van der Waals surface area contributed by atoms with Crippen LogP contribution in [0.2, 0.25) is 0 Å². The first-order valence-electron chi connectivity index (χ1n) is 9.43. The SMILES string of the molecule is CCN(Cc1ccc2c(c1)OCCO2)C(=O)CSc1nnc(CCC(N)=O)n1C. The van der Waals surface area contributed by atoms with E-state index in [9.17, 15) is 9.59 Å². The number of nitrogens with zero attached hydrogens (tertiary/aromatic N) is 4. The standard InChI is InChI=1S/C19H25N5O4S/c1-3-24(11-13-4-5-14-15(10-13)28-9-8-27-14)18(26)12-29-19-22-21-17(23(19)2)7-6-16(20)25/h4-5,10H,3,6-9,11-12H2,1-2H3,(H2,20,25). The molecular formula is C19H25N5O4S. The Labute approximate surface area is 173 Å². The van der Waals surface area contributed by atoms with Crippen LogP contribution in [0.15, 0.2) is 23.4 Å². The predicted octanol–water partition coefficient (Wildman–Crippen LogP) is 1.14. The summed E-state index contributed by atoms with van der Waals surface area (Å²) in [4.78, 5) is 25.4. The van der Waals surface area contributed by atoms with Gasteiger partial charge in [0.05, 0.1) is 5.75 Å². The number of ether oxygens (including phenoxy) is 2. The van der Waals surface area contributed by atoms with Crippen LogP contribution in [-0.4, -0.2) is 57.0 Å². The Bertz CT molecular complexity index is 885. The third-order valence-electron chi connectivity index (χ3n) is 4.56. The summed E-state index contributed by atoms with van der Waals surface area (Å²) >= 11 is 1.32. The molecule has 2 heterocycles. The van der Waals surface area contributed by atoms with Gasteiger partial charge in [0, 0.05) is 33.0 Å². The second-order valence-corrected chi connectivity index (χ2v) is 7.54. The van der Waals surface area contributed by atoms with Crippen LogP contribution in [0.25, 0.3) is 0 Å². The van der Waals surface area contributed by atoms with Crippen LogP contribution in [-0.2, 0) is 29.6 Å². The number of hydrogen-bond acceptors (Lipinski definition) is 7. The molecule has 2 aromatic rings. The number of aryl methyl sites for hydroxylation is 1. The number of carbonyl (C=O) groups excluding carboxylic acids is 2. The van der Waals surface area contributed by atoms with Crippen molar-refractivity contribution in [1.29, 1.82) is 0 Å². The molecule has 1 aliphatic rings. The van der Waals surface area contributed by atoms with Crippen LogP contribution < -0.4 is 15.2 Å². The van der Waals surface area contributed by atoms with Gasteiger partial charge in [0.2, 0.25) is 11.8 Å². The average molecular weight is 420 g/mol. The molecule has 0 bridgehead atoms. The number of thioether (sulfide) groups is 1. The molecule has 0 spiro atoms. The molecule has 0 aliphatic carbocycles. The van der Waals surface area contributed by atoms with Crippen molar-refractivity contribution in [2.75, 3.05) is 25.5 Å². The number of hydrogen-bond donors (Lipinski definition) is 1. The highest BCUT2D eigenvalue weighted by atomic mass is 32.2. The lowest BCUT2D eigenvalue weighted by molar-refractivity contribution is -0.128. The highest BCUT2D eigenvalue weighted by Gasteiger charge is 2.18. The van der Waals surface area contributed by atoms with Gasteiger partial charge in [-0.05, 0) is 24.6 Å². The summed E-state index contributed by atoms with van der Waals surface area (Å²) < 4.78 is 12.9. The lowest BCUT2D eigenvalue weighted by Gasteiger charge is -2.23. The average Bonchev–Trinajstić information content (AvgIpc) is 3.08. The van der Waals surface area contributed by atoms with Gasteiger partial charge < -0.3 is 24.7 Å². The fourth-order valence-corrected chi connectivity index (χ4v) is 3.76. The Hall–Kier alpha value is -2.75. The van der Waals surface area contributed by atoms with Gasteiger partial charge in [-0.2, -0.15) is 0 Å². The predicted molar refractivity (Wildman–Crippen MR) is 108 cm³/mol. The van der Waals surface area contributed by atoms with E-state index in [1.54, 1.807) is 9.47 Å². The quantitative estimate of drug-likeness (QED) is 0.607. The first-order chi connectivity index (χ1) is 14.0. The minimum atomic E-state index is -0.380. The van der Waals surface area contributed by atoms with Crippen molar-refractivity contribution in [1.82, 2.24) is 19.7 Å². The number of rotatable bonds is 9. The van der Waals surface area contributed by atoms with Gasteiger partial charge in [-0.15, -0.1) is 10.2 Å². The zero-order valence-corrected chi connectivity index (χ0v) is 17.4. The van der Waals surface area contributed by atoms with E-state index < -0.39 is 0 Å². The van der Waals surface area contributed by atoms with Gasteiger partial charge in [0.15, 0.2) is 16.7 Å². The van der Waals surface area contributed by atoms with Crippen LogP contribution in [0.5, 0.6) is 11.5 Å². The van der Waals surface area contributed by atoms with Gasteiger partial charge in [-0.3, -0.25) is 9.59 Å². The molecule has 0 radical (unpaired) electrons. The number of carbonyl (C=O) groups is 2. The van der Waals surface area contributed by atoms with Gasteiger partial charge in [-0.1, -0.05) is 17.8 Å². The van der Waals surface area contributed by atoms with Crippen LogP contribution in [0.1, 0.15) is 24.7 Å². The molecule has 3 rings (SSSR count). The van der Waals surface area contributed by atoms with E-state index in [4.69, 9.17) is 15.2 Å². The summed E-state index contributed by atoms with van der Waals surface area (Å²) in [5.74, 6) is 2.00.